The van der Waals surface area contributed by atoms with Crippen LogP contribution < -0.4 is 0 Å². The Hall–Kier alpha value is -1.95. The molecule has 0 saturated heterocycles. The van der Waals surface area contributed by atoms with E-state index in [1.165, 1.54) is 12.1 Å². The van der Waals surface area contributed by atoms with Crippen LogP contribution in [-0.4, -0.2) is 19.5 Å². The molecule has 6 nitrogen and oxygen atoms in total. The van der Waals surface area contributed by atoms with Gasteiger partial charge in [0.1, 0.15) is 16.8 Å². The van der Waals surface area contributed by atoms with E-state index in [9.17, 15) is 10.1 Å². The van der Waals surface area contributed by atoms with Crippen molar-refractivity contribution in [3.63, 3.8) is 0 Å². The van der Waals surface area contributed by atoms with Crippen LogP contribution in [0.5, 0.6) is 0 Å². The first kappa shape index (κ1) is 10.6. The Morgan fingerprint density at radius 1 is 1.50 bits per heavy atom. The summed E-state index contributed by atoms with van der Waals surface area (Å²) in [7, 11) is 0. The van der Waals surface area contributed by atoms with Crippen LogP contribution in [0.4, 0.5) is 5.69 Å². The SMILES string of the molecule is Cc1nccn1-c1cc([N+](=O)[O-])cc(Cl)n1. The van der Waals surface area contributed by atoms with Gasteiger partial charge in [-0.1, -0.05) is 11.6 Å². The number of pyridine rings is 1. The summed E-state index contributed by atoms with van der Waals surface area (Å²) < 4.78 is 1.62. The van der Waals surface area contributed by atoms with Crippen LogP contribution in [-0.2, 0) is 0 Å². The van der Waals surface area contributed by atoms with Crippen molar-refractivity contribution in [2.75, 3.05) is 0 Å². The second-order valence-corrected chi connectivity index (χ2v) is 3.50. The molecule has 0 radical (unpaired) electrons. The summed E-state index contributed by atoms with van der Waals surface area (Å²) in [5.74, 6) is 1.07. The van der Waals surface area contributed by atoms with Gasteiger partial charge in [0.2, 0.25) is 0 Å². The number of aromatic nitrogens is 3. The second kappa shape index (κ2) is 3.90. The molecule has 16 heavy (non-hydrogen) atoms. The average molecular weight is 239 g/mol. The van der Waals surface area contributed by atoms with Crippen molar-refractivity contribution in [1.29, 1.82) is 0 Å². The van der Waals surface area contributed by atoms with E-state index >= 15 is 0 Å². The molecule has 0 saturated carbocycles. The third kappa shape index (κ3) is 1.87. The molecule has 0 amide bonds. The van der Waals surface area contributed by atoms with E-state index in [0.717, 1.165) is 0 Å². The molecular weight excluding hydrogens is 232 g/mol. The van der Waals surface area contributed by atoms with Crippen LogP contribution in [0.25, 0.3) is 5.82 Å². The average Bonchev–Trinajstić information content (AvgIpc) is 2.63. The lowest BCUT2D eigenvalue weighted by Crippen LogP contribution is -2.00. The van der Waals surface area contributed by atoms with Crippen LogP contribution >= 0.6 is 11.6 Å². The summed E-state index contributed by atoms with van der Waals surface area (Å²) in [5.41, 5.74) is -0.0944. The summed E-state index contributed by atoms with van der Waals surface area (Å²) >= 11 is 5.71. The zero-order valence-electron chi connectivity index (χ0n) is 8.29. The van der Waals surface area contributed by atoms with Crippen molar-refractivity contribution in [3.8, 4) is 5.82 Å². The molecule has 82 valence electrons. The maximum Gasteiger partial charge on any atom is 0.276 e. The number of rotatable bonds is 2. The number of hydrogen-bond donors (Lipinski definition) is 0. The lowest BCUT2D eigenvalue weighted by molar-refractivity contribution is -0.384. The number of imidazole rings is 1. The van der Waals surface area contributed by atoms with Crippen LogP contribution in [0.3, 0.4) is 0 Å². The van der Waals surface area contributed by atoms with E-state index in [4.69, 9.17) is 11.6 Å². The van der Waals surface area contributed by atoms with Crippen molar-refractivity contribution in [3.05, 3.63) is 45.6 Å². The number of halogens is 1. The molecule has 7 heteroatoms. The molecule has 0 aliphatic heterocycles. The van der Waals surface area contributed by atoms with Gasteiger partial charge in [-0.25, -0.2) is 9.97 Å². The number of hydrogen-bond acceptors (Lipinski definition) is 4. The highest BCUT2D eigenvalue weighted by molar-refractivity contribution is 6.29. The van der Waals surface area contributed by atoms with Crippen molar-refractivity contribution in [2.24, 2.45) is 0 Å². The number of nitro groups is 1. The van der Waals surface area contributed by atoms with E-state index in [-0.39, 0.29) is 10.8 Å². The molecule has 2 aromatic rings. The molecule has 0 bridgehead atoms. The zero-order valence-corrected chi connectivity index (χ0v) is 9.05. The summed E-state index contributed by atoms with van der Waals surface area (Å²) in [4.78, 5) is 18.2. The molecule has 0 N–H and O–H groups in total. The Balaban J connectivity index is 2.58. The Morgan fingerprint density at radius 2 is 2.25 bits per heavy atom. The molecule has 0 aliphatic carbocycles. The lowest BCUT2D eigenvalue weighted by Gasteiger charge is -2.03. The first-order chi connectivity index (χ1) is 7.58. The van der Waals surface area contributed by atoms with Gasteiger partial charge in [0.05, 0.1) is 17.1 Å². The van der Waals surface area contributed by atoms with Crippen LogP contribution in [0, 0.1) is 17.0 Å². The summed E-state index contributed by atoms with van der Waals surface area (Å²) in [5, 5.41) is 10.7. The van der Waals surface area contributed by atoms with Gasteiger partial charge < -0.3 is 0 Å². The molecule has 2 aromatic heterocycles. The van der Waals surface area contributed by atoms with Gasteiger partial charge in [0.15, 0.2) is 0 Å². The predicted octanol–water partition coefficient (Wildman–Crippen LogP) is 2.14. The van der Waals surface area contributed by atoms with Gasteiger partial charge in [-0.3, -0.25) is 14.7 Å². The molecule has 0 spiro atoms. The Kier molecular flexibility index (Phi) is 2.57. The number of nitrogens with zero attached hydrogens (tertiary/aromatic N) is 4. The smallest absolute Gasteiger partial charge is 0.276 e. The summed E-state index contributed by atoms with van der Waals surface area (Å²) in [6.07, 6.45) is 3.25. The quantitative estimate of drug-likeness (QED) is 0.456. The predicted molar refractivity (Wildman–Crippen MR) is 57.8 cm³/mol. The third-order valence-corrected chi connectivity index (χ3v) is 2.24. The highest BCUT2D eigenvalue weighted by atomic mass is 35.5. The molecular formula is C9H7ClN4O2. The minimum Gasteiger partial charge on any atom is -0.288 e. The van der Waals surface area contributed by atoms with Gasteiger partial charge in [-0.15, -0.1) is 0 Å². The maximum absolute atomic E-state index is 10.7. The van der Waals surface area contributed by atoms with E-state index in [2.05, 4.69) is 9.97 Å². The highest BCUT2D eigenvalue weighted by Crippen LogP contribution is 2.20. The normalized spacial score (nSPS) is 10.4. The Bertz CT molecular complexity index is 552. The third-order valence-electron chi connectivity index (χ3n) is 2.05. The van der Waals surface area contributed by atoms with E-state index < -0.39 is 4.92 Å². The lowest BCUT2D eigenvalue weighted by atomic mass is 10.4. The van der Waals surface area contributed by atoms with E-state index in [1.807, 2.05) is 0 Å². The van der Waals surface area contributed by atoms with E-state index in [1.54, 1.807) is 23.9 Å². The fourth-order valence-electron chi connectivity index (χ4n) is 1.32. The standard InChI is InChI=1S/C9H7ClN4O2/c1-6-11-2-3-13(6)9-5-7(14(15)16)4-8(10)12-9/h2-5H,1H3. The fourth-order valence-corrected chi connectivity index (χ4v) is 1.52. The van der Waals surface area contributed by atoms with Crippen molar-refractivity contribution in [2.45, 2.75) is 6.92 Å². The minimum absolute atomic E-state index is 0.0808. The van der Waals surface area contributed by atoms with Crippen molar-refractivity contribution >= 4 is 17.3 Å². The number of aryl methyl sites for hydroxylation is 1. The van der Waals surface area contributed by atoms with Crippen molar-refractivity contribution in [1.82, 2.24) is 14.5 Å². The molecule has 0 aromatic carbocycles. The molecule has 2 rings (SSSR count). The van der Waals surface area contributed by atoms with Gasteiger partial charge in [-0.05, 0) is 6.92 Å². The van der Waals surface area contributed by atoms with Gasteiger partial charge in [-0.2, -0.15) is 0 Å². The Labute approximate surface area is 95.7 Å². The second-order valence-electron chi connectivity index (χ2n) is 3.11. The van der Waals surface area contributed by atoms with Crippen molar-refractivity contribution < 1.29 is 4.92 Å². The maximum atomic E-state index is 10.7. The van der Waals surface area contributed by atoms with E-state index in [0.29, 0.717) is 11.6 Å². The van der Waals surface area contributed by atoms with Gasteiger partial charge in [0.25, 0.3) is 5.69 Å². The monoisotopic (exact) mass is 238 g/mol. The Morgan fingerprint density at radius 3 is 2.81 bits per heavy atom. The zero-order chi connectivity index (χ0) is 11.7. The van der Waals surface area contributed by atoms with Crippen LogP contribution in [0.2, 0.25) is 5.15 Å². The highest BCUT2D eigenvalue weighted by Gasteiger charge is 2.12. The first-order valence-corrected chi connectivity index (χ1v) is 4.78. The molecule has 2 heterocycles. The topological polar surface area (TPSA) is 73.8 Å². The molecule has 0 fully saturated rings. The van der Waals surface area contributed by atoms with Crippen LogP contribution in [0.1, 0.15) is 5.82 Å². The molecule has 0 unspecified atom stereocenters. The largest absolute Gasteiger partial charge is 0.288 e. The summed E-state index contributed by atoms with van der Waals surface area (Å²) in [6.45, 7) is 1.77. The van der Waals surface area contributed by atoms with Crippen LogP contribution in [0.15, 0.2) is 24.5 Å². The first-order valence-electron chi connectivity index (χ1n) is 4.40. The van der Waals surface area contributed by atoms with Gasteiger partial charge >= 0.3 is 0 Å². The molecule has 0 aliphatic rings. The van der Waals surface area contributed by atoms with Gasteiger partial charge in [0, 0.05) is 12.4 Å². The summed E-state index contributed by atoms with van der Waals surface area (Å²) in [6, 6.07) is 2.55. The minimum atomic E-state index is -0.511. The fraction of sp³-hybridized carbons (Fsp3) is 0.111. The molecule has 0 atom stereocenters.